The number of ether oxygens (including phenoxy) is 1. The van der Waals surface area contributed by atoms with Crippen LogP contribution in [0.1, 0.15) is 24.4 Å². The van der Waals surface area contributed by atoms with Crippen LogP contribution >= 0.6 is 0 Å². The van der Waals surface area contributed by atoms with Gasteiger partial charge < -0.3 is 19.4 Å². The lowest BCUT2D eigenvalue weighted by Gasteiger charge is -2.21. The number of nitrogens with one attached hydrogen (secondary N) is 1. The van der Waals surface area contributed by atoms with Crippen LogP contribution in [0.15, 0.2) is 47.1 Å². The number of amides is 1. The molecule has 6 heteroatoms. The van der Waals surface area contributed by atoms with Gasteiger partial charge in [0.25, 0.3) is 5.91 Å². The van der Waals surface area contributed by atoms with Crippen molar-refractivity contribution in [2.45, 2.75) is 13.8 Å². The zero-order valence-corrected chi connectivity index (χ0v) is 13.2. The van der Waals surface area contributed by atoms with Gasteiger partial charge in [-0.15, -0.1) is 0 Å². The highest BCUT2D eigenvalue weighted by molar-refractivity contribution is 5.94. The van der Waals surface area contributed by atoms with Crippen molar-refractivity contribution in [1.82, 2.24) is 0 Å². The summed E-state index contributed by atoms with van der Waals surface area (Å²) >= 11 is 0. The highest BCUT2D eigenvalue weighted by atomic mass is 16.5. The van der Waals surface area contributed by atoms with Gasteiger partial charge in [0.2, 0.25) is 5.76 Å². The summed E-state index contributed by atoms with van der Waals surface area (Å²) in [5, 5.41) is 2.68. The van der Waals surface area contributed by atoms with Crippen molar-refractivity contribution in [2.24, 2.45) is 0 Å². The molecule has 0 saturated heterocycles. The van der Waals surface area contributed by atoms with Crippen molar-refractivity contribution >= 4 is 23.3 Å². The van der Waals surface area contributed by atoms with Crippen LogP contribution in [0.3, 0.4) is 0 Å². The van der Waals surface area contributed by atoms with Gasteiger partial charge in [0, 0.05) is 24.5 Å². The zero-order valence-electron chi connectivity index (χ0n) is 13.2. The molecule has 1 amide bonds. The number of hydrogen-bond donors (Lipinski definition) is 1. The van der Waals surface area contributed by atoms with Crippen LogP contribution in [0.2, 0.25) is 0 Å². The summed E-state index contributed by atoms with van der Waals surface area (Å²) in [6.07, 6.45) is 1.37. The number of nitrogens with zero attached hydrogens (tertiary/aromatic N) is 1. The van der Waals surface area contributed by atoms with E-state index < -0.39 is 11.9 Å². The van der Waals surface area contributed by atoms with Gasteiger partial charge in [0.1, 0.15) is 0 Å². The summed E-state index contributed by atoms with van der Waals surface area (Å²) in [7, 11) is 0. The molecule has 6 nitrogen and oxygen atoms in total. The minimum Gasteiger partial charge on any atom is -0.457 e. The summed E-state index contributed by atoms with van der Waals surface area (Å²) in [5.74, 6) is -0.996. The van der Waals surface area contributed by atoms with Gasteiger partial charge >= 0.3 is 5.97 Å². The van der Waals surface area contributed by atoms with E-state index in [1.54, 1.807) is 6.07 Å². The fourth-order valence-corrected chi connectivity index (χ4v) is 2.14. The predicted octanol–water partition coefficient (Wildman–Crippen LogP) is 2.92. The molecule has 0 bridgehead atoms. The number of rotatable bonds is 7. The molecule has 1 aromatic heterocycles. The van der Waals surface area contributed by atoms with E-state index >= 15 is 0 Å². The topological polar surface area (TPSA) is 71.8 Å². The quantitative estimate of drug-likeness (QED) is 0.795. The molecule has 0 spiro atoms. The second kappa shape index (κ2) is 8.03. The van der Waals surface area contributed by atoms with Crippen molar-refractivity contribution in [3.05, 3.63) is 48.4 Å². The van der Waals surface area contributed by atoms with E-state index in [4.69, 9.17) is 9.15 Å². The molecular formula is C17H20N2O4. The lowest BCUT2D eigenvalue weighted by atomic mass is 10.2. The first-order chi connectivity index (χ1) is 11.1. The molecule has 2 aromatic rings. The van der Waals surface area contributed by atoms with E-state index in [9.17, 15) is 9.59 Å². The maximum absolute atomic E-state index is 11.8. The van der Waals surface area contributed by atoms with Gasteiger partial charge in [-0.25, -0.2) is 4.79 Å². The normalized spacial score (nSPS) is 10.2. The monoisotopic (exact) mass is 316 g/mol. The van der Waals surface area contributed by atoms with Crippen LogP contribution in [0.4, 0.5) is 11.4 Å². The zero-order chi connectivity index (χ0) is 16.7. The number of benzene rings is 1. The molecule has 0 atom stereocenters. The van der Waals surface area contributed by atoms with E-state index in [1.165, 1.54) is 12.3 Å². The van der Waals surface area contributed by atoms with Crippen molar-refractivity contribution < 1.29 is 18.7 Å². The molecule has 0 aliphatic heterocycles. The lowest BCUT2D eigenvalue weighted by Crippen LogP contribution is -2.22. The minimum absolute atomic E-state index is 0.0707. The van der Waals surface area contributed by atoms with Gasteiger partial charge in [-0.3, -0.25) is 4.79 Å². The molecule has 0 fully saturated rings. The number of furan rings is 1. The molecule has 23 heavy (non-hydrogen) atoms. The fraction of sp³-hybridized carbons (Fsp3) is 0.294. The van der Waals surface area contributed by atoms with Gasteiger partial charge in [-0.05, 0) is 50.2 Å². The lowest BCUT2D eigenvalue weighted by molar-refractivity contribution is -0.119. The van der Waals surface area contributed by atoms with Crippen LogP contribution in [0.5, 0.6) is 0 Å². The molecule has 122 valence electrons. The van der Waals surface area contributed by atoms with Gasteiger partial charge in [0.15, 0.2) is 6.61 Å². The van der Waals surface area contributed by atoms with Crippen LogP contribution in [0.25, 0.3) is 0 Å². The van der Waals surface area contributed by atoms with Gasteiger partial charge in [-0.1, -0.05) is 0 Å². The Morgan fingerprint density at radius 1 is 1.13 bits per heavy atom. The van der Waals surface area contributed by atoms with Crippen LogP contribution in [-0.2, 0) is 9.53 Å². The number of hydrogen-bond acceptors (Lipinski definition) is 5. The SMILES string of the molecule is CCN(CC)c1ccc(NC(=O)COC(=O)c2ccco2)cc1. The number of carbonyl (C=O) groups is 2. The Bertz CT molecular complexity index is 631. The predicted molar refractivity (Wildman–Crippen MR) is 87.6 cm³/mol. The molecule has 2 rings (SSSR count). The summed E-state index contributed by atoms with van der Waals surface area (Å²) < 4.78 is 9.76. The Kier molecular flexibility index (Phi) is 5.80. The molecule has 0 saturated carbocycles. The van der Waals surface area contributed by atoms with E-state index in [-0.39, 0.29) is 12.4 Å². The average molecular weight is 316 g/mol. The standard InChI is InChI=1S/C17H20N2O4/c1-3-19(4-2)14-9-7-13(8-10-14)18-16(20)12-23-17(21)15-6-5-11-22-15/h5-11H,3-4,12H2,1-2H3,(H,18,20). The summed E-state index contributed by atoms with van der Waals surface area (Å²) in [6, 6.07) is 10.6. The van der Waals surface area contributed by atoms with Crippen LogP contribution in [0, 0.1) is 0 Å². The average Bonchev–Trinajstić information content (AvgIpc) is 3.10. The van der Waals surface area contributed by atoms with Crippen molar-refractivity contribution in [3.63, 3.8) is 0 Å². The maximum atomic E-state index is 11.8. The highest BCUT2D eigenvalue weighted by Crippen LogP contribution is 2.17. The molecular weight excluding hydrogens is 296 g/mol. The molecule has 0 radical (unpaired) electrons. The second-order valence-electron chi connectivity index (χ2n) is 4.82. The highest BCUT2D eigenvalue weighted by Gasteiger charge is 2.12. The summed E-state index contributed by atoms with van der Waals surface area (Å²) in [6.45, 7) is 5.66. The van der Waals surface area contributed by atoms with Gasteiger partial charge in [-0.2, -0.15) is 0 Å². The Hall–Kier alpha value is -2.76. The first kappa shape index (κ1) is 16.6. The number of esters is 1. The smallest absolute Gasteiger partial charge is 0.374 e. The van der Waals surface area contributed by atoms with Crippen molar-refractivity contribution in [1.29, 1.82) is 0 Å². The largest absolute Gasteiger partial charge is 0.457 e. The Morgan fingerprint density at radius 3 is 2.39 bits per heavy atom. The van der Waals surface area contributed by atoms with E-state index in [0.29, 0.717) is 5.69 Å². The Morgan fingerprint density at radius 2 is 1.83 bits per heavy atom. The number of anilines is 2. The molecule has 1 heterocycles. The molecule has 1 N–H and O–H groups in total. The van der Waals surface area contributed by atoms with Crippen molar-refractivity contribution in [2.75, 3.05) is 29.9 Å². The molecule has 0 aliphatic rings. The third-order valence-corrected chi connectivity index (χ3v) is 3.34. The van der Waals surface area contributed by atoms with E-state index in [0.717, 1.165) is 18.8 Å². The summed E-state index contributed by atoms with van der Waals surface area (Å²) in [4.78, 5) is 25.5. The first-order valence-electron chi connectivity index (χ1n) is 7.49. The fourth-order valence-electron chi connectivity index (χ4n) is 2.14. The third-order valence-electron chi connectivity index (χ3n) is 3.34. The Labute approximate surface area is 135 Å². The molecule has 1 aromatic carbocycles. The third kappa shape index (κ3) is 4.60. The first-order valence-corrected chi connectivity index (χ1v) is 7.49. The second-order valence-corrected chi connectivity index (χ2v) is 4.82. The van der Waals surface area contributed by atoms with Crippen LogP contribution < -0.4 is 10.2 Å². The molecule has 0 aliphatic carbocycles. The van der Waals surface area contributed by atoms with Gasteiger partial charge in [0.05, 0.1) is 6.26 Å². The van der Waals surface area contributed by atoms with Crippen molar-refractivity contribution in [3.8, 4) is 0 Å². The van der Waals surface area contributed by atoms with Crippen LogP contribution in [-0.4, -0.2) is 31.6 Å². The Balaban J connectivity index is 1.84. The minimum atomic E-state index is -0.665. The van der Waals surface area contributed by atoms with E-state index in [1.807, 2.05) is 24.3 Å². The number of carbonyl (C=O) groups excluding carboxylic acids is 2. The van der Waals surface area contributed by atoms with E-state index in [2.05, 4.69) is 24.1 Å². The molecule has 0 unspecified atom stereocenters. The maximum Gasteiger partial charge on any atom is 0.374 e. The summed E-state index contributed by atoms with van der Waals surface area (Å²) in [5.41, 5.74) is 1.75.